The molecule has 1 aliphatic heterocycles. The van der Waals surface area contributed by atoms with E-state index in [9.17, 15) is 13.2 Å². The first kappa shape index (κ1) is 19.0. The summed E-state index contributed by atoms with van der Waals surface area (Å²) in [6.45, 7) is 2.79. The molecule has 8 heteroatoms. The Labute approximate surface area is 158 Å². The molecule has 27 heavy (non-hydrogen) atoms. The Balaban J connectivity index is 1.67. The molecule has 0 atom stereocenters. The van der Waals surface area contributed by atoms with Crippen molar-refractivity contribution in [3.05, 3.63) is 53.6 Å². The highest BCUT2D eigenvalue weighted by Crippen LogP contribution is 2.30. The number of anilines is 1. The second-order valence-corrected chi connectivity index (χ2v) is 8.22. The molecule has 0 aliphatic carbocycles. The van der Waals surface area contributed by atoms with Gasteiger partial charge in [0.25, 0.3) is 0 Å². The molecule has 3 rings (SSSR count). The Hall–Kier alpha value is -2.74. The standard InChI is InChI=1S/C19H22N2O5S/c1-14-5-3-4-6-16(14)21(27(2,23)24)13-19(22)20-12-15-7-8-17-18(11-15)26-10-9-25-17/h3-8,11H,9-10,12-13H2,1-2H3,(H,20,22). The normalized spacial score (nSPS) is 13.1. The number of nitrogens with zero attached hydrogens (tertiary/aromatic N) is 1. The number of carbonyl (C=O) groups is 1. The Bertz CT molecular complexity index is 943. The molecular weight excluding hydrogens is 368 g/mol. The number of fused-ring (bicyclic) bond motifs is 1. The Morgan fingerprint density at radius 3 is 2.52 bits per heavy atom. The zero-order valence-corrected chi connectivity index (χ0v) is 16.1. The molecule has 2 aromatic rings. The highest BCUT2D eigenvalue weighted by atomic mass is 32.2. The number of ether oxygens (including phenoxy) is 2. The zero-order valence-electron chi connectivity index (χ0n) is 15.3. The summed E-state index contributed by atoms with van der Waals surface area (Å²) in [5, 5.41) is 2.76. The first-order valence-corrected chi connectivity index (χ1v) is 10.4. The Morgan fingerprint density at radius 2 is 1.81 bits per heavy atom. The average molecular weight is 390 g/mol. The van der Waals surface area contributed by atoms with Crippen LogP contribution in [0.4, 0.5) is 5.69 Å². The number of hydrogen-bond donors (Lipinski definition) is 1. The lowest BCUT2D eigenvalue weighted by Crippen LogP contribution is -2.40. The van der Waals surface area contributed by atoms with Crippen LogP contribution in [0.2, 0.25) is 0 Å². The predicted molar refractivity (Wildman–Crippen MR) is 103 cm³/mol. The molecule has 144 valence electrons. The summed E-state index contributed by atoms with van der Waals surface area (Å²) >= 11 is 0. The second kappa shape index (κ2) is 7.87. The molecule has 0 aromatic heterocycles. The van der Waals surface area contributed by atoms with Crippen LogP contribution in [-0.4, -0.2) is 40.3 Å². The van der Waals surface area contributed by atoms with Crippen LogP contribution in [0.5, 0.6) is 11.5 Å². The van der Waals surface area contributed by atoms with Crippen molar-refractivity contribution >= 4 is 21.6 Å². The molecule has 0 fully saturated rings. The minimum atomic E-state index is -3.59. The fraction of sp³-hybridized carbons (Fsp3) is 0.316. The van der Waals surface area contributed by atoms with E-state index in [1.807, 2.05) is 18.2 Å². The lowest BCUT2D eigenvalue weighted by atomic mass is 10.2. The minimum absolute atomic E-state index is 0.265. The van der Waals surface area contributed by atoms with E-state index >= 15 is 0 Å². The summed E-state index contributed by atoms with van der Waals surface area (Å²) in [5.74, 6) is 0.934. The number of carbonyl (C=O) groups excluding carboxylic acids is 1. The third-order valence-electron chi connectivity index (χ3n) is 4.17. The number of benzene rings is 2. The van der Waals surface area contributed by atoms with Crippen LogP contribution >= 0.6 is 0 Å². The van der Waals surface area contributed by atoms with Gasteiger partial charge < -0.3 is 14.8 Å². The van der Waals surface area contributed by atoms with E-state index in [1.165, 1.54) is 0 Å². The van der Waals surface area contributed by atoms with E-state index < -0.39 is 15.9 Å². The molecule has 1 N–H and O–H groups in total. The number of hydrogen-bond acceptors (Lipinski definition) is 5. The molecule has 1 amide bonds. The van der Waals surface area contributed by atoms with Crippen molar-refractivity contribution in [3.8, 4) is 11.5 Å². The summed E-state index contributed by atoms with van der Waals surface area (Å²) in [4.78, 5) is 12.4. The van der Waals surface area contributed by atoms with Gasteiger partial charge in [0.1, 0.15) is 19.8 Å². The molecule has 1 aliphatic rings. The summed E-state index contributed by atoms with van der Waals surface area (Å²) in [5.41, 5.74) is 2.12. The van der Waals surface area contributed by atoms with E-state index in [4.69, 9.17) is 9.47 Å². The monoisotopic (exact) mass is 390 g/mol. The highest BCUT2D eigenvalue weighted by molar-refractivity contribution is 7.92. The molecule has 0 bridgehead atoms. The molecule has 2 aromatic carbocycles. The van der Waals surface area contributed by atoms with Gasteiger partial charge >= 0.3 is 0 Å². The number of sulfonamides is 1. The van der Waals surface area contributed by atoms with Gasteiger partial charge in [0.05, 0.1) is 11.9 Å². The van der Waals surface area contributed by atoms with Crippen LogP contribution in [0, 0.1) is 6.92 Å². The number of rotatable bonds is 6. The summed E-state index contributed by atoms with van der Waals surface area (Å²) < 4.78 is 36.4. The van der Waals surface area contributed by atoms with Crippen molar-refractivity contribution in [1.29, 1.82) is 0 Å². The number of nitrogens with one attached hydrogen (secondary N) is 1. The Morgan fingerprint density at radius 1 is 1.11 bits per heavy atom. The maximum absolute atomic E-state index is 12.4. The average Bonchev–Trinajstić information content (AvgIpc) is 2.64. The summed E-state index contributed by atoms with van der Waals surface area (Å²) in [6.07, 6.45) is 1.09. The van der Waals surface area contributed by atoms with Crippen molar-refractivity contribution in [1.82, 2.24) is 5.32 Å². The Kier molecular flexibility index (Phi) is 5.55. The van der Waals surface area contributed by atoms with Crippen molar-refractivity contribution < 1.29 is 22.7 Å². The summed E-state index contributed by atoms with van der Waals surface area (Å²) in [6, 6.07) is 12.5. The van der Waals surface area contributed by atoms with Gasteiger partial charge in [-0.25, -0.2) is 8.42 Å². The first-order chi connectivity index (χ1) is 12.8. The fourth-order valence-corrected chi connectivity index (χ4v) is 3.72. The molecule has 1 heterocycles. The number of amides is 1. The van der Waals surface area contributed by atoms with Crippen LogP contribution in [0.1, 0.15) is 11.1 Å². The van der Waals surface area contributed by atoms with Crippen LogP contribution in [-0.2, 0) is 21.4 Å². The molecule has 0 unspecified atom stereocenters. The second-order valence-electron chi connectivity index (χ2n) is 6.31. The maximum atomic E-state index is 12.4. The number of aryl methyl sites for hydroxylation is 1. The van der Waals surface area contributed by atoms with Gasteiger partial charge in [-0.1, -0.05) is 24.3 Å². The first-order valence-electron chi connectivity index (χ1n) is 8.53. The third-order valence-corrected chi connectivity index (χ3v) is 5.29. The van der Waals surface area contributed by atoms with Crippen molar-refractivity contribution in [2.45, 2.75) is 13.5 Å². The quantitative estimate of drug-likeness (QED) is 0.814. The van der Waals surface area contributed by atoms with Crippen LogP contribution in [0.15, 0.2) is 42.5 Å². The van der Waals surface area contributed by atoms with Gasteiger partial charge in [-0.3, -0.25) is 9.10 Å². The van der Waals surface area contributed by atoms with Gasteiger partial charge in [-0.2, -0.15) is 0 Å². The lowest BCUT2D eigenvalue weighted by molar-refractivity contribution is -0.119. The maximum Gasteiger partial charge on any atom is 0.241 e. The van der Waals surface area contributed by atoms with E-state index in [0.29, 0.717) is 30.4 Å². The van der Waals surface area contributed by atoms with E-state index in [1.54, 1.807) is 31.2 Å². The smallest absolute Gasteiger partial charge is 0.241 e. The lowest BCUT2D eigenvalue weighted by Gasteiger charge is -2.23. The van der Waals surface area contributed by atoms with Gasteiger partial charge in [0, 0.05) is 6.54 Å². The minimum Gasteiger partial charge on any atom is -0.486 e. The van der Waals surface area contributed by atoms with Crippen molar-refractivity contribution in [3.63, 3.8) is 0 Å². The molecule has 7 nitrogen and oxygen atoms in total. The highest BCUT2D eigenvalue weighted by Gasteiger charge is 2.22. The zero-order chi connectivity index (χ0) is 19.4. The molecular formula is C19H22N2O5S. The van der Waals surface area contributed by atoms with E-state index in [2.05, 4.69) is 5.32 Å². The summed E-state index contributed by atoms with van der Waals surface area (Å²) in [7, 11) is -3.59. The van der Waals surface area contributed by atoms with Crippen LogP contribution in [0.25, 0.3) is 0 Å². The largest absolute Gasteiger partial charge is 0.486 e. The van der Waals surface area contributed by atoms with Gasteiger partial charge in [0.2, 0.25) is 15.9 Å². The molecule has 0 saturated carbocycles. The number of para-hydroxylation sites is 1. The van der Waals surface area contributed by atoms with E-state index in [-0.39, 0.29) is 13.1 Å². The topological polar surface area (TPSA) is 84.9 Å². The SMILES string of the molecule is Cc1ccccc1N(CC(=O)NCc1ccc2c(c1)OCCO2)S(C)(=O)=O. The molecule has 0 saturated heterocycles. The van der Waals surface area contributed by atoms with Crippen molar-refractivity contribution in [2.24, 2.45) is 0 Å². The van der Waals surface area contributed by atoms with Gasteiger partial charge in [-0.15, -0.1) is 0 Å². The third kappa shape index (κ3) is 4.71. The van der Waals surface area contributed by atoms with Crippen LogP contribution in [0.3, 0.4) is 0 Å². The molecule has 0 radical (unpaired) electrons. The van der Waals surface area contributed by atoms with Gasteiger partial charge in [-0.05, 0) is 36.2 Å². The van der Waals surface area contributed by atoms with E-state index in [0.717, 1.165) is 21.7 Å². The van der Waals surface area contributed by atoms with Crippen LogP contribution < -0.4 is 19.1 Å². The van der Waals surface area contributed by atoms with Gasteiger partial charge in [0.15, 0.2) is 11.5 Å². The molecule has 0 spiro atoms. The fourth-order valence-electron chi connectivity index (χ4n) is 2.81. The van der Waals surface area contributed by atoms with Crippen molar-refractivity contribution in [2.75, 3.05) is 30.3 Å². The predicted octanol–water partition coefficient (Wildman–Crippen LogP) is 1.85.